The molecule has 0 unspecified atom stereocenters. The highest BCUT2D eigenvalue weighted by molar-refractivity contribution is 5.91. The lowest BCUT2D eigenvalue weighted by Crippen LogP contribution is -2.19. The molecule has 3 aliphatic heterocycles. The van der Waals surface area contributed by atoms with E-state index >= 15 is 0 Å². The van der Waals surface area contributed by atoms with Crippen LogP contribution in [0.2, 0.25) is 0 Å². The smallest absolute Gasteiger partial charge is 0.334 e. The van der Waals surface area contributed by atoms with Crippen LogP contribution in [0.15, 0.2) is 35.5 Å². The maximum atomic E-state index is 12.0. The Morgan fingerprint density at radius 1 is 1.16 bits per heavy atom. The summed E-state index contributed by atoms with van der Waals surface area (Å²) in [5.41, 5.74) is 2.18. The molecule has 0 aromatic carbocycles. The van der Waals surface area contributed by atoms with E-state index in [4.69, 9.17) is 14.2 Å². The first-order valence-electron chi connectivity index (χ1n) is 9.02. The number of hydrogen-bond donors (Lipinski definition) is 0. The van der Waals surface area contributed by atoms with Gasteiger partial charge in [0.1, 0.15) is 12.2 Å². The van der Waals surface area contributed by atoms with Crippen molar-refractivity contribution in [1.29, 1.82) is 0 Å². The van der Waals surface area contributed by atoms with Gasteiger partial charge in [-0.25, -0.2) is 9.59 Å². The third-order valence-electron chi connectivity index (χ3n) is 5.89. The zero-order valence-corrected chi connectivity index (χ0v) is 14.7. The van der Waals surface area contributed by atoms with E-state index in [0.29, 0.717) is 18.4 Å². The molecule has 2 bridgehead atoms. The fourth-order valence-electron chi connectivity index (χ4n) is 4.21. The molecule has 2 saturated heterocycles. The normalized spacial score (nSPS) is 41.0. The Kier molecular flexibility index (Phi) is 3.87. The predicted molar refractivity (Wildman–Crippen MR) is 90.6 cm³/mol. The highest BCUT2D eigenvalue weighted by atomic mass is 16.6. The standard InChI is InChI=1S/C20H24O5/c1-11-8-14-10-13(19(22)23-14)4-5-17-20(3,25-17)7-6-15-12(2)18(21)24-16(15)9-11/h9-10,14-17H,2,4-8H2,1,3H3/t14-,15-,16+,17-,20+/m1/s1. The Morgan fingerprint density at radius 2 is 1.96 bits per heavy atom. The molecule has 1 aliphatic carbocycles. The van der Waals surface area contributed by atoms with Gasteiger partial charge in [0.25, 0.3) is 0 Å². The van der Waals surface area contributed by atoms with Gasteiger partial charge in [0.15, 0.2) is 0 Å². The number of esters is 2. The van der Waals surface area contributed by atoms with Crippen molar-refractivity contribution in [3.63, 3.8) is 0 Å². The summed E-state index contributed by atoms with van der Waals surface area (Å²) in [6.07, 6.45) is 7.37. The largest absolute Gasteiger partial charge is 0.454 e. The molecule has 0 amide bonds. The molecule has 4 aliphatic rings. The monoisotopic (exact) mass is 344 g/mol. The first kappa shape index (κ1) is 16.6. The fourth-order valence-corrected chi connectivity index (χ4v) is 4.21. The average Bonchev–Trinajstić information content (AvgIpc) is 2.93. The lowest BCUT2D eigenvalue weighted by Gasteiger charge is -2.17. The van der Waals surface area contributed by atoms with Crippen molar-refractivity contribution in [3.05, 3.63) is 35.5 Å². The summed E-state index contributed by atoms with van der Waals surface area (Å²) in [6, 6.07) is 0. The Bertz CT molecular complexity index is 703. The maximum Gasteiger partial charge on any atom is 0.334 e. The quantitative estimate of drug-likeness (QED) is 0.292. The molecule has 4 rings (SSSR count). The van der Waals surface area contributed by atoms with Crippen LogP contribution >= 0.6 is 0 Å². The number of fused-ring (bicyclic) bond motifs is 3. The molecular weight excluding hydrogens is 320 g/mol. The minimum absolute atomic E-state index is 0.00991. The third kappa shape index (κ3) is 3.06. The number of hydrogen-bond acceptors (Lipinski definition) is 5. The molecule has 25 heavy (non-hydrogen) atoms. The number of ether oxygens (including phenoxy) is 3. The molecule has 0 aromatic heterocycles. The molecule has 2 fully saturated rings. The number of carbonyl (C=O) groups is 2. The Labute approximate surface area is 147 Å². The van der Waals surface area contributed by atoms with Crippen molar-refractivity contribution < 1.29 is 23.8 Å². The van der Waals surface area contributed by atoms with E-state index in [-0.39, 0.29) is 41.8 Å². The van der Waals surface area contributed by atoms with E-state index in [0.717, 1.165) is 30.4 Å². The first-order valence-corrected chi connectivity index (χ1v) is 9.02. The zero-order chi connectivity index (χ0) is 17.8. The first-order chi connectivity index (χ1) is 11.9. The molecule has 0 spiro atoms. The van der Waals surface area contributed by atoms with Crippen LogP contribution in [0.3, 0.4) is 0 Å². The second-order valence-corrected chi connectivity index (χ2v) is 7.85. The van der Waals surface area contributed by atoms with Crippen molar-refractivity contribution in [1.82, 2.24) is 0 Å². The second kappa shape index (κ2) is 5.84. The molecule has 3 heterocycles. The maximum absolute atomic E-state index is 12.0. The molecule has 0 aromatic rings. The SMILES string of the molecule is C=C1C(=O)O[C@H]2C=C(C)C[C@@H]3C=C(CC[C@H]4O[C@@]4(C)CC[C@H]12)C(=O)O3. The van der Waals surface area contributed by atoms with Crippen molar-refractivity contribution in [3.8, 4) is 0 Å². The van der Waals surface area contributed by atoms with E-state index in [1.54, 1.807) is 0 Å². The van der Waals surface area contributed by atoms with Crippen LogP contribution in [0.1, 0.15) is 46.0 Å². The molecule has 134 valence electrons. The van der Waals surface area contributed by atoms with Crippen molar-refractivity contribution >= 4 is 11.9 Å². The van der Waals surface area contributed by atoms with E-state index < -0.39 is 0 Å². The van der Waals surface area contributed by atoms with Gasteiger partial charge in [0.05, 0.1) is 11.7 Å². The van der Waals surface area contributed by atoms with Gasteiger partial charge in [-0.15, -0.1) is 0 Å². The molecule has 0 saturated carbocycles. The van der Waals surface area contributed by atoms with Crippen LogP contribution < -0.4 is 0 Å². The van der Waals surface area contributed by atoms with Gasteiger partial charge in [-0.1, -0.05) is 12.2 Å². The average molecular weight is 344 g/mol. The van der Waals surface area contributed by atoms with Gasteiger partial charge in [-0.3, -0.25) is 0 Å². The highest BCUT2D eigenvalue weighted by Crippen LogP contribution is 2.46. The van der Waals surface area contributed by atoms with Crippen LogP contribution in [-0.2, 0) is 23.8 Å². The lowest BCUT2D eigenvalue weighted by molar-refractivity contribution is -0.139. The Morgan fingerprint density at radius 3 is 2.76 bits per heavy atom. The van der Waals surface area contributed by atoms with Gasteiger partial charge >= 0.3 is 11.9 Å². The van der Waals surface area contributed by atoms with E-state index in [9.17, 15) is 9.59 Å². The van der Waals surface area contributed by atoms with Gasteiger partial charge in [0, 0.05) is 23.5 Å². The second-order valence-electron chi connectivity index (χ2n) is 7.85. The number of epoxide rings is 1. The summed E-state index contributed by atoms with van der Waals surface area (Å²) in [5, 5.41) is 0. The summed E-state index contributed by atoms with van der Waals surface area (Å²) < 4.78 is 16.9. The van der Waals surface area contributed by atoms with Crippen LogP contribution in [0, 0.1) is 5.92 Å². The third-order valence-corrected chi connectivity index (χ3v) is 5.89. The Hall–Kier alpha value is -1.88. The summed E-state index contributed by atoms with van der Waals surface area (Å²) in [4.78, 5) is 24.0. The van der Waals surface area contributed by atoms with Crippen molar-refractivity contribution in [2.45, 2.75) is 69.9 Å². The lowest BCUT2D eigenvalue weighted by atomic mass is 9.86. The predicted octanol–water partition coefficient (Wildman–Crippen LogP) is 3.00. The zero-order valence-electron chi connectivity index (χ0n) is 14.7. The summed E-state index contributed by atoms with van der Waals surface area (Å²) >= 11 is 0. The van der Waals surface area contributed by atoms with Crippen LogP contribution in [0.5, 0.6) is 0 Å². The molecule has 0 radical (unpaired) electrons. The van der Waals surface area contributed by atoms with E-state index in [1.807, 2.05) is 19.1 Å². The molecule has 0 N–H and O–H groups in total. The van der Waals surface area contributed by atoms with Gasteiger partial charge in [0.2, 0.25) is 0 Å². The fraction of sp³-hybridized carbons (Fsp3) is 0.600. The highest BCUT2D eigenvalue weighted by Gasteiger charge is 2.52. The summed E-state index contributed by atoms with van der Waals surface area (Å²) in [6.45, 7) is 8.02. The molecule has 5 nitrogen and oxygen atoms in total. The van der Waals surface area contributed by atoms with Crippen LogP contribution in [0.25, 0.3) is 0 Å². The van der Waals surface area contributed by atoms with E-state index in [2.05, 4.69) is 13.5 Å². The van der Waals surface area contributed by atoms with Crippen LogP contribution in [-0.4, -0.2) is 35.9 Å². The molecule has 5 heteroatoms. The minimum atomic E-state index is -0.309. The number of carbonyl (C=O) groups excluding carboxylic acids is 2. The molecular formula is C20H24O5. The number of rotatable bonds is 0. The van der Waals surface area contributed by atoms with E-state index in [1.165, 1.54) is 0 Å². The van der Waals surface area contributed by atoms with Gasteiger partial charge in [-0.2, -0.15) is 0 Å². The summed E-state index contributed by atoms with van der Waals surface area (Å²) in [7, 11) is 0. The van der Waals surface area contributed by atoms with Gasteiger partial charge < -0.3 is 14.2 Å². The van der Waals surface area contributed by atoms with Gasteiger partial charge in [-0.05, 0) is 51.7 Å². The van der Waals surface area contributed by atoms with Crippen molar-refractivity contribution in [2.75, 3.05) is 0 Å². The Balaban J connectivity index is 1.60. The minimum Gasteiger partial charge on any atom is -0.454 e. The molecule has 5 atom stereocenters. The van der Waals surface area contributed by atoms with Crippen LogP contribution in [0.4, 0.5) is 0 Å². The summed E-state index contributed by atoms with van der Waals surface area (Å²) in [5.74, 6) is -0.533. The van der Waals surface area contributed by atoms with Crippen molar-refractivity contribution in [2.24, 2.45) is 5.92 Å². The topological polar surface area (TPSA) is 65.1 Å².